The highest BCUT2D eigenvalue weighted by Gasteiger charge is 2.17. The third kappa shape index (κ3) is 3.77. The maximum atomic E-state index is 12.1. The summed E-state index contributed by atoms with van der Waals surface area (Å²) < 4.78 is 5.10. The first kappa shape index (κ1) is 16.5. The quantitative estimate of drug-likeness (QED) is 0.636. The Balaban J connectivity index is 1.62. The Morgan fingerprint density at radius 3 is 2.60 bits per heavy atom. The molecule has 0 aliphatic carbocycles. The average molecular weight is 338 g/mol. The van der Waals surface area contributed by atoms with Crippen LogP contribution in [-0.4, -0.2) is 29.1 Å². The number of amides is 2. The molecule has 1 atom stereocenters. The Morgan fingerprint density at radius 1 is 1.12 bits per heavy atom. The Hall–Kier alpha value is -3.35. The smallest absolute Gasteiger partial charge is 0.313 e. The van der Waals surface area contributed by atoms with Crippen LogP contribution in [0.5, 0.6) is 5.75 Å². The minimum absolute atomic E-state index is 0.306. The molecule has 0 saturated carbocycles. The summed E-state index contributed by atoms with van der Waals surface area (Å²) in [4.78, 5) is 24.2. The number of ether oxygens (including phenoxy) is 1. The lowest BCUT2D eigenvalue weighted by atomic mass is 10.1. The zero-order chi connectivity index (χ0) is 17.8. The van der Waals surface area contributed by atoms with E-state index in [4.69, 9.17) is 4.74 Å². The van der Waals surface area contributed by atoms with Crippen molar-refractivity contribution >= 4 is 28.4 Å². The molecular weight excluding hydrogens is 320 g/mol. The van der Waals surface area contributed by atoms with Crippen molar-refractivity contribution in [3.05, 3.63) is 54.2 Å². The number of H-pyrrole nitrogens is 1. The van der Waals surface area contributed by atoms with Gasteiger partial charge >= 0.3 is 11.8 Å². The van der Waals surface area contributed by atoms with Crippen molar-refractivity contribution in [2.24, 2.45) is 0 Å². The molecule has 0 spiro atoms. The van der Waals surface area contributed by atoms with Crippen molar-refractivity contribution < 1.29 is 14.3 Å². The summed E-state index contributed by atoms with van der Waals surface area (Å²) >= 11 is 0. The Kier molecular flexibility index (Phi) is 4.65. The monoisotopic (exact) mass is 338 g/mol. The summed E-state index contributed by atoms with van der Waals surface area (Å²) in [6, 6.07) is 12.2. The summed E-state index contributed by atoms with van der Waals surface area (Å²) in [5.74, 6) is -0.693. The molecule has 3 aromatic rings. The lowest BCUT2D eigenvalue weighted by Crippen LogP contribution is -2.36. The number of fused-ring (bicyclic) bond motifs is 1. The number of carbonyl (C=O) groups excluding carboxylic acids is 2. The predicted molar refractivity (Wildman–Crippen MR) is 94.3 cm³/mol. The van der Waals surface area contributed by atoms with E-state index < -0.39 is 11.8 Å². The molecule has 25 heavy (non-hydrogen) atoms. The van der Waals surface area contributed by atoms with Gasteiger partial charge in [-0.1, -0.05) is 12.1 Å². The number of nitrogens with zero attached hydrogens (tertiary/aromatic N) is 1. The van der Waals surface area contributed by atoms with Gasteiger partial charge < -0.3 is 15.4 Å². The first-order chi connectivity index (χ1) is 12.1. The number of methoxy groups -OCH3 is 1. The number of hydrogen-bond acceptors (Lipinski definition) is 4. The van der Waals surface area contributed by atoms with Crippen molar-refractivity contribution in [2.45, 2.75) is 13.0 Å². The second-order valence-electron chi connectivity index (χ2n) is 5.59. The van der Waals surface area contributed by atoms with E-state index in [1.54, 1.807) is 37.6 Å². The molecule has 1 aromatic heterocycles. The molecule has 0 fully saturated rings. The average Bonchev–Trinajstić information content (AvgIpc) is 3.09. The van der Waals surface area contributed by atoms with Crippen molar-refractivity contribution in [1.29, 1.82) is 0 Å². The minimum Gasteiger partial charge on any atom is -0.497 e. The van der Waals surface area contributed by atoms with Crippen molar-refractivity contribution in [3.8, 4) is 5.75 Å². The van der Waals surface area contributed by atoms with Crippen LogP contribution in [0.3, 0.4) is 0 Å². The number of aromatic amines is 1. The molecule has 0 saturated heterocycles. The van der Waals surface area contributed by atoms with Gasteiger partial charge in [-0.05, 0) is 42.8 Å². The van der Waals surface area contributed by atoms with Crippen molar-refractivity contribution in [2.75, 3.05) is 12.4 Å². The Morgan fingerprint density at radius 2 is 1.88 bits per heavy atom. The zero-order valence-electron chi connectivity index (χ0n) is 13.9. The van der Waals surface area contributed by atoms with E-state index in [0.717, 1.165) is 22.2 Å². The molecule has 0 aliphatic rings. The van der Waals surface area contributed by atoms with Crippen LogP contribution in [0.4, 0.5) is 5.69 Å². The number of carbonyl (C=O) groups is 2. The zero-order valence-corrected chi connectivity index (χ0v) is 13.9. The molecule has 1 unspecified atom stereocenters. The largest absolute Gasteiger partial charge is 0.497 e. The fourth-order valence-electron chi connectivity index (χ4n) is 2.44. The number of nitrogens with one attached hydrogen (secondary N) is 3. The van der Waals surface area contributed by atoms with Gasteiger partial charge in [-0.3, -0.25) is 14.7 Å². The topological polar surface area (TPSA) is 96.1 Å². The lowest BCUT2D eigenvalue weighted by Gasteiger charge is -2.14. The second kappa shape index (κ2) is 7.04. The number of benzene rings is 2. The lowest BCUT2D eigenvalue weighted by molar-refractivity contribution is -0.136. The highest BCUT2D eigenvalue weighted by molar-refractivity contribution is 6.39. The second-order valence-corrected chi connectivity index (χ2v) is 5.59. The molecule has 2 aromatic carbocycles. The molecule has 3 rings (SSSR count). The van der Waals surface area contributed by atoms with E-state index in [-0.39, 0.29) is 6.04 Å². The molecule has 0 bridgehead atoms. The third-order valence-corrected chi connectivity index (χ3v) is 3.87. The minimum atomic E-state index is -0.723. The van der Waals surface area contributed by atoms with Crippen molar-refractivity contribution in [1.82, 2.24) is 15.5 Å². The summed E-state index contributed by atoms with van der Waals surface area (Å²) in [6.45, 7) is 1.81. The number of rotatable bonds is 4. The van der Waals surface area contributed by atoms with Gasteiger partial charge in [-0.15, -0.1) is 0 Å². The van der Waals surface area contributed by atoms with Gasteiger partial charge in [0.1, 0.15) is 5.75 Å². The van der Waals surface area contributed by atoms with Crippen LogP contribution in [0.2, 0.25) is 0 Å². The molecule has 0 aliphatic heterocycles. The van der Waals surface area contributed by atoms with E-state index in [9.17, 15) is 9.59 Å². The van der Waals surface area contributed by atoms with Crippen LogP contribution in [0.25, 0.3) is 10.9 Å². The van der Waals surface area contributed by atoms with Gasteiger partial charge in [-0.2, -0.15) is 5.10 Å². The maximum Gasteiger partial charge on any atom is 0.313 e. The number of hydrogen-bond donors (Lipinski definition) is 3. The van der Waals surface area contributed by atoms with E-state index >= 15 is 0 Å². The fraction of sp³-hybridized carbons (Fsp3) is 0.167. The Bertz CT molecular complexity index is 902. The van der Waals surface area contributed by atoms with Gasteiger partial charge in [0.25, 0.3) is 0 Å². The molecule has 2 amide bonds. The molecule has 7 heteroatoms. The molecule has 0 radical (unpaired) electrons. The fourth-order valence-corrected chi connectivity index (χ4v) is 2.44. The standard InChI is InChI=1S/C18H18N4O3/c1-11(12-4-7-15(25-2)8-5-12)20-17(23)18(24)21-14-6-3-13-10-19-22-16(13)9-14/h3-11H,1-2H3,(H,19,22)(H,20,23)(H,21,24). The first-order valence-electron chi connectivity index (χ1n) is 7.76. The summed E-state index contributed by atoms with van der Waals surface area (Å²) in [7, 11) is 1.59. The van der Waals surface area contributed by atoms with Crippen LogP contribution in [-0.2, 0) is 9.59 Å². The third-order valence-electron chi connectivity index (χ3n) is 3.87. The van der Waals surface area contributed by atoms with Gasteiger partial charge in [-0.25, -0.2) is 0 Å². The summed E-state index contributed by atoms with van der Waals surface area (Å²) in [5, 5.41) is 12.9. The highest BCUT2D eigenvalue weighted by atomic mass is 16.5. The highest BCUT2D eigenvalue weighted by Crippen LogP contribution is 2.18. The van der Waals surface area contributed by atoms with Gasteiger partial charge in [0.2, 0.25) is 0 Å². The van der Waals surface area contributed by atoms with Gasteiger partial charge in [0, 0.05) is 11.1 Å². The summed E-state index contributed by atoms with van der Waals surface area (Å²) in [6.07, 6.45) is 1.68. The number of anilines is 1. The van der Waals surface area contributed by atoms with Gasteiger partial charge in [0.15, 0.2) is 0 Å². The van der Waals surface area contributed by atoms with Crippen LogP contribution >= 0.6 is 0 Å². The van der Waals surface area contributed by atoms with Gasteiger partial charge in [0.05, 0.1) is 24.9 Å². The van der Waals surface area contributed by atoms with Crippen LogP contribution in [0.15, 0.2) is 48.7 Å². The predicted octanol–water partition coefficient (Wildman–Crippen LogP) is 2.39. The SMILES string of the molecule is COc1ccc(C(C)NC(=O)C(=O)Nc2ccc3cn[nH]c3c2)cc1. The molecular formula is C18H18N4O3. The molecule has 7 nitrogen and oxygen atoms in total. The van der Waals surface area contributed by atoms with E-state index in [1.807, 2.05) is 25.1 Å². The normalized spacial score (nSPS) is 11.8. The maximum absolute atomic E-state index is 12.1. The molecule has 128 valence electrons. The van der Waals surface area contributed by atoms with E-state index in [1.165, 1.54) is 0 Å². The van der Waals surface area contributed by atoms with Crippen molar-refractivity contribution in [3.63, 3.8) is 0 Å². The number of aromatic nitrogens is 2. The van der Waals surface area contributed by atoms with E-state index in [0.29, 0.717) is 5.69 Å². The molecule has 1 heterocycles. The van der Waals surface area contributed by atoms with E-state index in [2.05, 4.69) is 20.8 Å². The summed E-state index contributed by atoms with van der Waals surface area (Å²) in [5.41, 5.74) is 2.18. The Labute approximate surface area is 144 Å². The first-order valence-corrected chi connectivity index (χ1v) is 7.76. The van der Waals surface area contributed by atoms with Crippen LogP contribution in [0.1, 0.15) is 18.5 Å². The van der Waals surface area contributed by atoms with Crippen LogP contribution in [0, 0.1) is 0 Å². The van der Waals surface area contributed by atoms with Crippen LogP contribution < -0.4 is 15.4 Å². The molecule has 3 N–H and O–H groups in total.